The van der Waals surface area contributed by atoms with Gasteiger partial charge in [-0.2, -0.15) is 0 Å². The Labute approximate surface area is 103 Å². The number of rotatable bonds is 4. The summed E-state index contributed by atoms with van der Waals surface area (Å²) < 4.78 is 24.3. The SMILES string of the molecule is CC(NS(C)(=O)=O)C(=O)NC1CNCCC1C. The molecule has 1 aliphatic rings. The highest BCUT2D eigenvalue weighted by Gasteiger charge is 2.25. The highest BCUT2D eigenvalue weighted by molar-refractivity contribution is 7.88. The summed E-state index contributed by atoms with van der Waals surface area (Å²) in [5.74, 6) is 0.126. The molecule has 1 heterocycles. The zero-order valence-corrected chi connectivity index (χ0v) is 11.3. The Hall–Kier alpha value is -0.660. The topological polar surface area (TPSA) is 87.3 Å². The first kappa shape index (κ1) is 14.4. The third-order valence-electron chi connectivity index (χ3n) is 2.94. The summed E-state index contributed by atoms with van der Waals surface area (Å²) in [7, 11) is -3.35. The van der Waals surface area contributed by atoms with E-state index in [1.54, 1.807) is 0 Å². The average Bonchev–Trinajstić information content (AvgIpc) is 2.18. The van der Waals surface area contributed by atoms with Crippen molar-refractivity contribution >= 4 is 15.9 Å². The van der Waals surface area contributed by atoms with Crippen LogP contribution >= 0.6 is 0 Å². The van der Waals surface area contributed by atoms with Gasteiger partial charge in [0.25, 0.3) is 0 Å². The Balaban J connectivity index is 2.47. The van der Waals surface area contributed by atoms with Crippen LogP contribution in [0.4, 0.5) is 0 Å². The van der Waals surface area contributed by atoms with Crippen molar-refractivity contribution in [2.24, 2.45) is 5.92 Å². The van der Waals surface area contributed by atoms with Gasteiger partial charge >= 0.3 is 0 Å². The minimum Gasteiger partial charge on any atom is -0.350 e. The molecule has 0 radical (unpaired) electrons. The first-order valence-electron chi connectivity index (χ1n) is 5.78. The maximum atomic E-state index is 11.8. The number of sulfonamides is 1. The van der Waals surface area contributed by atoms with Crippen molar-refractivity contribution in [3.05, 3.63) is 0 Å². The Morgan fingerprint density at radius 3 is 2.65 bits per heavy atom. The van der Waals surface area contributed by atoms with Crippen LogP contribution in [0.1, 0.15) is 20.3 Å². The summed E-state index contributed by atoms with van der Waals surface area (Å²) in [6.07, 6.45) is 2.06. The zero-order valence-electron chi connectivity index (χ0n) is 10.5. The van der Waals surface area contributed by atoms with Crippen molar-refractivity contribution in [1.82, 2.24) is 15.4 Å². The van der Waals surface area contributed by atoms with E-state index in [0.29, 0.717) is 5.92 Å². The molecule has 0 spiro atoms. The van der Waals surface area contributed by atoms with Gasteiger partial charge in [-0.25, -0.2) is 13.1 Å². The van der Waals surface area contributed by atoms with Crippen LogP contribution in [0.3, 0.4) is 0 Å². The molecule has 1 fully saturated rings. The maximum Gasteiger partial charge on any atom is 0.238 e. The monoisotopic (exact) mass is 263 g/mol. The molecule has 3 unspecified atom stereocenters. The van der Waals surface area contributed by atoms with Crippen molar-refractivity contribution < 1.29 is 13.2 Å². The van der Waals surface area contributed by atoms with Crippen LogP contribution in [0.15, 0.2) is 0 Å². The molecule has 0 aromatic heterocycles. The quantitative estimate of drug-likeness (QED) is 0.609. The maximum absolute atomic E-state index is 11.8. The molecule has 0 aromatic rings. The predicted molar refractivity (Wildman–Crippen MR) is 66.0 cm³/mol. The smallest absolute Gasteiger partial charge is 0.238 e. The molecular formula is C10H21N3O3S. The number of amides is 1. The van der Waals surface area contributed by atoms with Gasteiger partial charge in [0.15, 0.2) is 0 Å². The Morgan fingerprint density at radius 1 is 1.47 bits per heavy atom. The number of carbonyl (C=O) groups excluding carboxylic acids is 1. The van der Waals surface area contributed by atoms with Crippen molar-refractivity contribution in [3.8, 4) is 0 Å². The molecule has 0 aliphatic carbocycles. The van der Waals surface area contributed by atoms with E-state index in [-0.39, 0.29) is 11.9 Å². The second kappa shape index (κ2) is 5.79. The van der Waals surface area contributed by atoms with E-state index < -0.39 is 16.1 Å². The number of carbonyl (C=O) groups is 1. The summed E-state index contributed by atoms with van der Waals surface area (Å²) in [4.78, 5) is 11.8. The molecule has 1 saturated heterocycles. The van der Waals surface area contributed by atoms with Gasteiger partial charge in [-0.1, -0.05) is 6.92 Å². The van der Waals surface area contributed by atoms with E-state index in [4.69, 9.17) is 0 Å². The molecular weight excluding hydrogens is 242 g/mol. The zero-order chi connectivity index (χ0) is 13.1. The van der Waals surface area contributed by atoms with Crippen molar-refractivity contribution in [3.63, 3.8) is 0 Å². The summed E-state index contributed by atoms with van der Waals surface area (Å²) in [5.41, 5.74) is 0. The minimum absolute atomic E-state index is 0.0695. The fraction of sp³-hybridized carbons (Fsp3) is 0.900. The molecule has 1 rings (SSSR count). The number of piperidine rings is 1. The number of hydrogen-bond donors (Lipinski definition) is 3. The van der Waals surface area contributed by atoms with E-state index in [1.807, 2.05) is 0 Å². The van der Waals surface area contributed by atoms with Gasteiger partial charge < -0.3 is 10.6 Å². The van der Waals surface area contributed by atoms with E-state index in [1.165, 1.54) is 6.92 Å². The third-order valence-corrected chi connectivity index (χ3v) is 3.72. The van der Waals surface area contributed by atoms with Crippen LogP contribution in [0.5, 0.6) is 0 Å². The Bertz CT molecular complexity index is 369. The van der Waals surface area contributed by atoms with E-state index >= 15 is 0 Å². The van der Waals surface area contributed by atoms with Crippen LogP contribution in [0.25, 0.3) is 0 Å². The molecule has 3 N–H and O–H groups in total. The molecule has 3 atom stereocenters. The highest BCUT2D eigenvalue weighted by atomic mass is 32.2. The molecule has 7 heteroatoms. The van der Waals surface area contributed by atoms with Gasteiger partial charge in [-0.05, 0) is 25.8 Å². The van der Waals surface area contributed by atoms with Gasteiger partial charge in [0.05, 0.1) is 12.3 Å². The minimum atomic E-state index is -3.35. The standard InChI is InChI=1S/C10H21N3O3S/c1-7-4-5-11-6-9(7)12-10(14)8(2)13-17(3,15)16/h7-9,11,13H,4-6H2,1-3H3,(H,12,14). The molecule has 100 valence electrons. The van der Waals surface area contributed by atoms with Crippen molar-refractivity contribution in [2.75, 3.05) is 19.3 Å². The summed E-state index contributed by atoms with van der Waals surface area (Å²) in [6.45, 7) is 5.32. The van der Waals surface area contributed by atoms with Gasteiger partial charge in [-0.3, -0.25) is 4.79 Å². The number of hydrogen-bond acceptors (Lipinski definition) is 4. The molecule has 0 aromatic carbocycles. The van der Waals surface area contributed by atoms with Crippen molar-refractivity contribution in [2.45, 2.75) is 32.4 Å². The first-order chi connectivity index (χ1) is 7.79. The van der Waals surface area contributed by atoms with Crippen LogP contribution in [-0.2, 0) is 14.8 Å². The van der Waals surface area contributed by atoms with Gasteiger partial charge in [0.1, 0.15) is 0 Å². The second-order valence-electron chi connectivity index (χ2n) is 4.70. The van der Waals surface area contributed by atoms with Crippen LogP contribution in [-0.4, -0.2) is 45.8 Å². The molecule has 0 bridgehead atoms. The van der Waals surface area contributed by atoms with Gasteiger partial charge in [0.2, 0.25) is 15.9 Å². The molecule has 6 nitrogen and oxygen atoms in total. The summed E-state index contributed by atoms with van der Waals surface area (Å²) >= 11 is 0. The van der Waals surface area contributed by atoms with Gasteiger partial charge in [-0.15, -0.1) is 0 Å². The third kappa shape index (κ3) is 5.01. The lowest BCUT2D eigenvalue weighted by Crippen LogP contribution is -2.54. The molecule has 1 aliphatic heterocycles. The molecule has 1 amide bonds. The predicted octanol–water partition coefficient (Wildman–Crippen LogP) is -0.962. The molecule has 0 saturated carbocycles. The fourth-order valence-corrected chi connectivity index (χ4v) is 2.61. The lowest BCUT2D eigenvalue weighted by molar-refractivity contribution is -0.123. The average molecular weight is 263 g/mol. The number of nitrogens with one attached hydrogen (secondary N) is 3. The Morgan fingerprint density at radius 2 is 2.12 bits per heavy atom. The van der Waals surface area contributed by atoms with Crippen LogP contribution in [0.2, 0.25) is 0 Å². The highest BCUT2D eigenvalue weighted by Crippen LogP contribution is 2.11. The van der Waals surface area contributed by atoms with Crippen LogP contribution < -0.4 is 15.4 Å². The first-order valence-corrected chi connectivity index (χ1v) is 7.67. The molecule has 17 heavy (non-hydrogen) atoms. The Kier molecular flexibility index (Phi) is 4.91. The summed E-state index contributed by atoms with van der Waals surface area (Å²) in [6, 6.07) is -0.667. The van der Waals surface area contributed by atoms with Gasteiger partial charge in [0, 0.05) is 12.6 Å². The second-order valence-corrected chi connectivity index (χ2v) is 6.48. The fourth-order valence-electron chi connectivity index (χ4n) is 1.87. The van der Waals surface area contributed by atoms with Crippen LogP contribution in [0, 0.1) is 5.92 Å². The summed E-state index contributed by atoms with van der Waals surface area (Å²) in [5, 5.41) is 6.07. The lowest BCUT2D eigenvalue weighted by Gasteiger charge is -2.31. The van der Waals surface area contributed by atoms with Crippen molar-refractivity contribution in [1.29, 1.82) is 0 Å². The largest absolute Gasteiger partial charge is 0.350 e. The van der Waals surface area contributed by atoms with E-state index in [0.717, 1.165) is 25.8 Å². The van der Waals surface area contributed by atoms with E-state index in [9.17, 15) is 13.2 Å². The lowest BCUT2D eigenvalue weighted by atomic mass is 9.94. The van der Waals surface area contributed by atoms with E-state index in [2.05, 4.69) is 22.3 Å². The normalized spacial score (nSPS) is 27.5.